The first-order chi connectivity index (χ1) is 11.2. The van der Waals surface area contributed by atoms with Crippen molar-refractivity contribution in [2.45, 2.75) is 36.6 Å². The van der Waals surface area contributed by atoms with E-state index in [9.17, 15) is 52.5 Å². The highest BCUT2D eigenvalue weighted by molar-refractivity contribution is 7.90. The van der Waals surface area contributed by atoms with Crippen molar-refractivity contribution in [2.24, 2.45) is 0 Å². The zero-order valence-electron chi connectivity index (χ0n) is 12.7. The van der Waals surface area contributed by atoms with Crippen molar-refractivity contribution >= 4 is 17.6 Å². The fourth-order valence-corrected chi connectivity index (χ4v) is 3.63. The highest BCUT2D eigenvalue weighted by Crippen LogP contribution is 2.55. The number of sulfonamides is 1. The first kappa shape index (κ1) is 25.4. The summed E-state index contributed by atoms with van der Waals surface area (Å²) in [6.07, 6.45) is -9.10. The molecule has 17 heteroatoms. The van der Waals surface area contributed by atoms with Gasteiger partial charge >= 0.3 is 30.9 Å². The first-order valence-electron chi connectivity index (χ1n) is 6.41. The van der Waals surface area contributed by atoms with Gasteiger partial charge in [0.2, 0.25) is 0 Å². The molecule has 0 aliphatic heterocycles. The second kappa shape index (κ2) is 7.45. The molecule has 0 amide bonds. The lowest BCUT2D eigenvalue weighted by atomic mass is 10.1. The maximum absolute atomic E-state index is 13.6. The van der Waals surface area contributed by atoms with Gasteiger partial charge in [0.25, 0.3) is 10.0 Å². The zero-order chi connectivity index (χ0) is 21.4. The fourth-order valence-electron chi connectivity index (χ4n) is 1.59. The van der Waals surface area contributed by atoms with Crippen LogP contribution in [0.3, 0.4) is 0 Å². The van der Waals surface area contributed by atoms with Gasteiger partial charge in [-0.05, 0) is 6.42 Å². The van der Waals surface area contributed by atoms with Crippen molar-refractivity contribution in [3.05, 3.63) is 0 Å². The maximum atomic E-state index is 13.6. The Morgan fingerprint density at radius 2 is 1.35 bits per heavy atom. The van der Waals surface area contributed by atoms with Crippen molar-refractivity contribution in [1.82, 2.24) is 4.31 Å². The van der Waals surface area contributed by atoms with E-state index in [2.05, 4.69) is 0 Å². The molecule has 0 fully saturated rings. The van der Waals surface area contributed by atoms with Gasteiger partial charge in [-0.1, -0.05) is 6.92 Å². The summed E-state index contributed by atoms with van der Waals surface area (Å²) < 4.78 is 148. The molecule has 158 valence electrons. The van der Waals surface area contributed by atoms with E-state index in [4.69, 9.17) is 9.79 Å². The Morgan fingerprint density at radius 3 is 1.65 bits per heavy atom. The topological polar surface area (TPSA) is 94.9 Å². The molecule has 6 nitrogen and oxygen atoms in total. The van der Waals surface area contributed by atoms with Gasteiger partial charge < -0.3 is 9.79 Å². The van der Waals surface area contributed by atoms with Crippen LogP contribution in [-0.2, 0) is 14.6 Å². The number of hydrogen-bond acceptors (Lipinski definition) is 3. The largest absolute Gasteiger partial charge is 0.460 e. The third-order valence-electron chi connectivity index (χ3n) is 2.99. The minimum atomic E-state index is -7.37. The third kappa shape index (κ3) is 4.64. The van der Waals surface area contributed by atoms with Gasteiger partial charge in [-0.2, -0.15) is 43.8 Å². The summed E-state index contributed by atoms with van der Waals surface area (Å²) in [5.74, 6) is -14.7. The van der Waals surface area contributed by atoms with Crippen LogP contribution in [0.4, 0.5) is 39.5 Å². The summed E-state index contributed by atoms with van der Waals surface area (Å²) in [6, 6.07) is 0. The summed E-state index contributed by atoms with van der Waals surface area (Å²) in [7, 11) is -11.5. The molecule has 0 saturated carbocycles. The number of alkyl halides is 9. The van der Waals surface area contributed by atoms with Gasteiger partial charge in [0.1, 0.15) is 0 Å². The lowest BCUT2D eigenvalue weighted by Crippen LogP contribution is -2.65. The lowest BCUT2D eigenvalue weighted by molar-refractivity contribution is -0.382. The monoisotopic (exact) mass is 449 g/mol. The van der Waals surface area contributed by atoms with Crippen LogP contribution in [0.25, 0.3) is 0 Å². The van der Waals surface area contributed by atoms with Crippen LogP contribution in [0.1, 0.15) is 13.3 Å². The molecule has 0 unspecified atom stereocenters. The van der Waals surface area contributed by atoms with Crippen LogP contribution < -0.4 is 0 Å². The Hall–Kier alpha value is -0.570. The predicted molar refractivity (Wildman–Crippen MR) is 68.6 cm³/mol. The average Bonchev–Trinajstić information content (AvgIpc) is 2.40. The molecule has 26 heavy (non-hydrogen) atoms. The summed E-state index contributed by atoms with van der Waals surface area (Å²) in [6.45, 7) is -1.52. The van der Waals surface area contributed by atoms with E-state index in [0.29, 0.717) is 0 Å². The summed E-state index contributed by atoms with van der Waals surface area (Å²) in [4.78, 5) is 17.1. The van der Waals surface area contributed by atoms with E-state index < -0.39 is 70.9 Å². The molecule has 2 N–H and O–H groups in total. The van der Waals surface area contributed by atoms with E-state index in [0.717, 1.165) is 6.92 Å². The molecule has 0 rings (SSSR count). The van der Waals surface area contributed by atoms with Gasteiger partial charge in [-0.25, -0.2) is 8.42 Å². The Balaban J connectivity index is 5.88. The predicted octanol–water partition coefficient (Wildman–Crippen LogP) is 2.63. The molecule has 0 atom stereocenters. The van der Waals surface area contributed by atoms with Gasteiger partial charge in [-0.15, -0.1) is 0 Å². The van der Waals surface area contributed by atoms with Crippen molar-refractivity contribution < 1.29 is 62.3 Å². The smallest absolute Gasteiger partial charge is 0.324 e. The van der Waals surface area contributed by atoms with Crippen LogP contribution in [0.15, 0.2) is 0 Å². The summed E-state index contributed by atoms with van der Waals surface area (Å²) >= 11 is 0. The minimum Gasteiger partial charge on any atom is -0.324 e. The lowest BCUT2D eigenvalue weighted by Gasteiger charge is -2.35. The fraction of sp³-hybridized carbons (Fsp3) is 1.00. The number of rotatable bonds is 9. The molecule has 0 heterocycles. The quantitative estimate of drug-likeness (QED) is 0.417. The summed E-state index contributed by atoms with van der Waals surface area (Å²) in [5.41, 5.74) is 0. The van der Waals surface area contributed by atoms with Crippen LogP contribution >= 0.6 is 7.60 Å². The molecular weight excluding hydrogens is 436 g/mol. The van der Waals surface area contributed by atoms with E-state index in [1.54, 1.807) is 0 Å². The highest BCUT2D eigenvalue weighted by atomic mass is 32.2. The number of nitrogens with zero attached hydrogens (tertiary/aromatic N) is 1. The maximum Gasteiger partial charge on any atom is 0.460 e. The Kier molecular flexibility index (Phi) is 7.29. The molecule has 0 aliphatic rings. The van der Waals surface area contributed by atoms with Crippen molar-refractivity contribution in [2.75, 3.05) is 19.3 Å². The molecule has 0 aromatic carbocycles. The van der Waals surface area contributed by atoms with Gasteiger partial charge in [0.05, 0.1) is 6.16 Å². The van der Waals surface area contributed by atoms with E-state index in [-0.39, 0.29) is 0 Å². The normalized spacial score (nSPS) is 15.6. The number of hydrogen-bond donors (Lipinski definition) is 2. The molecule has 0 spiro atoms. The van der Waals surface area contributed by atoms with Crippen LogP contribution in [-0.4, -0.2) is 65.0 Å². The van der Waals surface area contributed by atoms with Crippen LogP contribution in [0.5, 0.6) is 0 Å². The van der Waals surface area contributed by atoms with Crippen molar-refractivity contribution in [3.8, 4) is 0 Å². The van der Waals surface area contributed by atoms with Crippen molar-refractivity contribution in [3.63, 3.8) is 0 Å². The van der Waals surface area contributed by atoms with Gasteiger partial charge in [0.15, 0.2) is 0 Å². The molecule has 0 radical (unpaired) electrons. The van der Waals surface area contributed by atoms with Crippen LogP contribution in [0.2, 0.25) is 0 Å². The standard InChI is InChI=1S/C9H13F9NO5PS/c1-2-19(4-3-5-25(20,21)22)26(23,24)9(17,18)7(12,13)6(10,11)8(14,15)16/h2-5H2,1H3,(H2,20,21,22). The van der Waals surface area contributed by atoms with Gasteiger partial charge in [0, 0.05) is 13.1 Å². The highest BCUT2D eigenvalue weighted by Gasteiger charge is 2.85. The Morgan fingerprint density at radius 1 is 0.923 bits per heavy atom. The van der Waals surface area contributed by atoms with Crippen molar-refractivity contribution in [1.29, 1.82) is 0 Å². The molecule has 0 bridgehead atoms. The second-order valence-corrected chi connectivity index (χ2v) is 8.66. The average molecular weight is 449 g/mol. The number of halogens is 9. The van der Waals surface area contributed by atoms with E-state index >= 15 is 0 Å². The molecule has 0 aromatic heterocycles. The van der Waals surface area contributed by atoms with Crippen LogP contribution in [0, 0.1) is 0 Å². The Labute approximate surface area is 141 Å². The minimum absolute atomic E-state index is 0.566. The molecule has 0 saturated heterocycles. The second-order valence-electron chi connectivity index (χ2n) is 4.90. The molecule has 0 aliphatic carbocycles. The van der Waals surface area contributed by atoms with Gasteiger partial charge in [-0.3, -0.25) is 4.57 Å². The summed E-state index contributed by atoms with van der Waals surface area (Å²) in [5, 5.41) is -6.86. The molecular formula is C9H13F9NO5PS. The Bertz CT molecular complexity index is 644. The van der Waals surface area contributed by atoms with E-state index in [1.165, 1.54) is 0 Å². The van der Waals surface area contributed by atoms with E-state index in [1.807, 2.05) is 0 Å². The molecule has 0 aromatic rings. The zero-order valence-corrected chi connectivity index (χ0v) is 14.4. The third-order valence-corrected chi connectivity index (χ3v) is 5.91. The first-order valence-corrected chi connectivity index (χ1v) is 9.65. The SMILES string of the molecule is CCN(CCCP(=O)(O)O)S(=O)(=O)C(F)(F)C(F)(F)C(F)(F)C(F)(F)F.